The SMILES string of the molecule is CN(C(=O)C(C)(C)c1ccc2c(c1)OCO2)C1CCS(=O)(=O)C1. The van der Waals surface area contributed by atoms with Crippen molar-refractivity contribution in [1.82, 2.24) is 4.90 Å². The van der Waals surface area contributed by atoms with Gasteiger partial charge < -0.3 is 14.4 Å². The predicted octanol–water partition coefficient (Wildman–Crippen LogP) is 1.34. The maximum absolute atomic E-state index is 12.9. The quantitative estimate of drug-likeness (QED) is 0.831. The standard InChI is InChI=1S/C16H21NO5S/c1-16(2,11-4-5-13-14(8-11)22-10-21-13)15(18)17(3)12-6-7-23(19,20)9-12/h4-5,8,12H,6-7,9-10H2,1-3H3. The average Bonchev–Trinajstić information content (AvgIpc) is 3.10. The zero-order valence-corrected chi connectivity index (χ0v) is 14.4. The second-order valence-electron chi connectivity index (χ2n) is 6.67. The van der Waals surface area contributed by atoms with E-state index in [-0.39, 0.29) is 30.2 Å². The number of fused-ring (bicyclic) bond motifs is 1. The Morgan fingerprint density at radius 3 is 2.61 bits per heavy atom. The van der Waals surface area contributed by atoms with Gasteiger partial charge in [0, 0.05) is 13.1 Å². The molecule has 2 heterocycles. The van der Waals surface area contributed by atoms with Crippen LogP contribution in [-0.2, 0) is 20.0 Å². The molecular formula is C16H21NO5S. The van der Waals surface area contributed by atoms with Crippen LogP contribution in [0.2, 0.25) is 0 Å². The molecule has 1 unspecified atom stereocenters. The lowest BCUT2D eigenvalue weighted by molar-refractivity contribution is -0.136. The lowest BCUT2D eigenvalue weighted by atomic mass is 9.82. The molecule has 0 aromatic heterocycles. The predicted molar refractivity (Wildman–Crippen MR) is 85.4 cm³/mol. The lowest BCUT2D eigenvalue weighted by Crippen LogP contribution is -2.46. The fourth-order valence-corrected chi connectivity index (χ4v) is 4.87. The van der Waals surface area contributed by atoms with Crippen LogP contribution in [0.25, 0.3) is 0 Å². The Bertz CT molecular complexity index is 741. The summed E-state index contributed by atoms with van der Waals surface area (Å²) in [5.41, 5.74) is 0.0432. The first-order chi connectivity index (χ1) is 10.7. The highest BCUT2D eigenvalue weighted by atomic mass is 32.2. The Kier molecular flexibility index (Phi) is 3.78. The average molecular weight is 339 g/mol. The molecule has 2 aliphatic rings. The van der Waals surface area contributed by atoms with Crippen molar-refractivity contribution in [3.63, 3.8) is 0 Å². The van der Waals surface area contributed by atoms with Crippen LogP contribution in [0.15, 0.2) is 18.2 Å². The van der Waals surface area contributed by atoms with Gasteiger partial charge in [0.1, 0.15) is 0 Å². The fourth-order valence-electron chi connectivity index (χ4n) is 3.10. The normalized spacial score (nSPS) is 22.1. The summed E-state index contributed by atoms with van der Waals surface area (Å²) in [5.74, 6) is 1.41. The molecule has 0 aliphatic carbocycles. The smallest absolute Gasteiger partial charge is 0.232 e. The number of sulfone groups is 1. The van der Waals surface area contributed by atoms with Crippen LogP contribution >= 0.6 is 0 Å². The van der Waals surface area contributed by atoms with E-state index in [0.717, 1.165) is 5.56 Å². The van der Waals surface area contributed by atoms with Gasteiger partial charge in [-0.1, -0.05) is 6.07 Å². The van der Waals surface area contributed by atoms with Crippen molar-refractivity contribution in [3.8, 4) is 11.5 Å². The zero-order chi connectivity index (χ0) is 16.8. The van der Waals surface area contributed by atoms with E-state index < -0.39 is 15.3 Å². The van der Waals surface area contributed by atoms with Crippen LogP contribution in [0.4, 0.5) is 0 Å². The number of carbonyl (C=O) groups excluding carboxylic acids is 1. The molecule has 0 saturated carbocycles. The van der Waals surface area contributed by atoms with Crippen molar-refractivity contribution in [2.75, 3.05) is 25.3 Å². The van der Waals surface area contributed by atoms with E-state index >= 15 is 0 Å². The number of benzene rings is 1. The first-order valence-electron chi connectivity index (χ1n) is 7.58. The second-order valence-corrected chi connectivity index (χ2v) is 8.89. The first-order valence-corrected chi connectivity index (χ1v) is 9.41. The summed E-state index contributed by atoms with van der Waals surface area (Å²) in [4.78, 5) is 14.5. The first kappa shape index (κ1) is 16.1. The van der Waals surface area contributed by atoms with E-state index in [9.17, 15) is 13.2 Å². The molecule has 0 spiro atoms. The molecule has 0 bridgehead atoms. The van der Waals surface area contributed by atoms with Crippen molar-refractivity contribution < 1.29 is 22.7 Å². The molecule has 6 nitrogen and oxygen atoms in total. The Morgan fingerprint density at radius 1 is 1.26 bits per heavy atom. The number of carbonyl (C=O) groups is 1. The largest absolute Gasteiger partial charge is 0.454 e. The van der Waals surface area contributed by atoms with Gasteiger partial charge in [0.2, 0.25) is 12.7 Å². The molecule has 0 radical (unpaired) electrons. The Hall–Kier alpha value is -1.76. The molecule has 1 amide bonds. The van der Waals surface area contributed by atoms with E-state index in [1.165, 1.54) is 0 Å². The molecule has 1 fully saturated rings. The van der Waals surface area contributed by atoms with Gasteiger partial charge in [-0.15, -0.1) is 0 Å². The lowest BCUT2D eigenvalue weighted by Gasteiger charge is -2.33. The summed E-state index contributed by atoms with van der Waals surface area (Å²) in [5, 5.41) is 0. The summed E-state index contributed by atoms with van der Waals surface area (Å²) < 4.78 is 34.0. The Labute approximate surface area is 136 Å². The van der Waals surface area contributed by atoms with E-state index in [0.29, 0.717) is 17.9 Å². The van der Waals surface area contributed by atoms with Crippen LogP contribution < -0.4 is 9.47 Å². The van der Waals surface area contributed by atoms with Gasteiger partial charge in [-0.2, -0.15) is 0 Å². The Balaban J connectivity index is 1.82. The third kappa shape index (κ3) is 2.89. The highest BCUT2D eigenvalue weighted by molar-refractivity contribution is 7.91. The van der Waals surface area contributed by atoms with Crippen molar-refractivity contribution in [3.05, 3.63) is 23.8 Å². The summed E-state index contributed by atoms with van der Waals surface area (Å²) in [6, 6.07) is 5.22. The van der Waals surface area contributed by atoms with Crippen LogP contribution in [-0.4, -0.2) is 50.6 Å². The van der Waals surface area contributed by atoms with Crippen LogP contribution in [0, 0.1) is 0 Å². The number of hydrogen-bond donors (Lipinski definition) is 0. The molecule has 126 valence electrons. The minimum absolute atomic E-state index is 0.0481. The minimum Gasteiger partial charge on any atom is -0.454 e. The van der Waals surface area contributed by atoms with Crippen LogP contribution in [0.5, 0.6) is 11.5 Å². The fraction of sp³-hybridized carbons (Fsp3) is 0.562. The molecule has 1 aromatic carbocycles. The number of ether oxygens (including phenoxy) is 2. The number of nitrogens with zero attached hydrogens (tertiary/aromatic N) is 1. The van der Waals surface area contributed by atoms with Crippen molar-refractivity contribution >= 4 is 15.7 Å². The van der Waals surface area contributed by atoms with Gasteiger partial charge in [-0.05, 0) is 38.0 Å². The third-order valence-corrected chi connectivity index (χ3v) is 6.46. The van der Waals surface area contributed by atoms with Crippen molar-refractivity contribution in [2.45, 2.75) is 31.7 Å². The molecule has 3 rings (SSSR count). The van der Waals surface area contributed by atoms with Gasteiger partial charge in [0.15, 0.2) is 21.3 Å². The summed E-state index contributed by atoms with van der Waals surface area (Å²) in [7, 11) is -1.34. The molecule has 7 heteroatoms. The summed E-state index contributed by atoms with van der Waals surface area (Å²) in [6.45, 7) is 3.87. The van der Waals surface area contributed by atoms with Gasteiger partial charge in [0.05, 0.1) is 16.9 Å². The van der Waals surface area contributed by atoms with Crippen LogP contribution in [0.3, 0.4) is 0 Å². The molecule has 1 aromatic rings. The van der Waals surface area contributed by atoms with E-state index in [1.807, 2.05) is 26.0 Å². The molecule has 1 saturated heterocycles. The summed E-state index contributed by atoms with van der Waals surface area (Å²) in [6.07, 6.45) is 0.502. The zero-order valence-electron chi connectivity index (χ0n) is 13.5. The number of hydrogen-bond acceptors (Lipinski definition) is 5. The monoisotopic (exact) mass is 339 g/mol. The van der Waals surface area contributed by atoms with Crippen molar-refractivity contribution in [1.29, 1.82) is 0 Å². The topological polar surface area (TPSA) is 72.9 Å². The molecule has 23 heavy (non-hydrogen) atoms. The second kappa shape index (κ2) is 5.40. The summed E-state index contributed by atoms with van der Waals surface area (Å²) >= 11 is 0. The minimum atomic E-state index is -3.02. The highest BCUT2D eigenvalue weighted by Crippen LogP contribution is 2.37. The number of amides is 1. The number of likely N-dealkylation sites (N-methyl/N-ethyl adjacent to an activating group) is 1. The Morgan fingerprint density at radius 2 is 1.96 bits per heavy atom. The van der Waals surface area contributed by atoms with E-state index in [4.69, 9.17) is 9.47 Å². The van der Waals surface area contributed by atoms with Gasteiger partial charge in [-0.25, -0.2) is 8.42 Å². The highest BCUT2D eigenvalue weighted by Gasteiger charge is 2.39. The van der Waals surface area contributed by atoms with Crippen LogP contribution in [0.1, 0.15) is 25.8 Å². The number of rotatable bonds is 3. The van der Waals surface area contributed by atoms with E-state index in [2.05, 4.69) is 0 Å². The molecule has 0 N–H and O–H groups in total. The molecule has 1 atom stereocenters. The molecule has 2 aliphatic heterocycles. The maximum atomic E-state index is 12.9. The maximum Gasteiger partial charge on any atom is 0.232 e. The van der Waals surface area contributed by atoms with E-state index in [1.54, 1.807) is 18.0 Å². The van der Waals surface area contributed by atoms with Gasteiger partial charge >= 0.3 is 0 Å². The van der Waals surface area contributed by atoms with Gasteiger partial charge in [0.25, 0.3) is 0 Å². The van der Waals surface area contributed by atoms with Gasteiger partial charge in [-0.3, -0.25) is 4.79 Å². The van der Waals surface area contributed by atoms with Crippen molar-refractivity contribution in [2.24, 2.45) is 0 Å². The third-order valence-electron chi connectivity index (χ3n) is 4.71. The molecular weight excluding hydrogens is 318 g/mol.